The summed E-state index contributed by atoms with van der Waals surface area (Å²) in [7, 11) is 1.66. The summed E-state index contributed by atoms with van der Waals surface area (Å²) in [5, 5.41) is 3.24. The number of fused-ring (bicyclic) bond motifs is 1. The van der Waals surface area contributed by atoms with Crippen molar-refractivity contribution in [2.45, 2.75) is 0 Å². The van der Waals surface area contributed by atoms with Crippen LogP contribution >= 0.6 is 0 Å². The summed E-state index contributed by atoms with van der Waals surface area (Å²) < 4.78 is 7.01. The molecule has 0 amide bonds. The van der Waals surface area contributed by atoms with Crippen molar-refractivity contribution in [1.82, 2.24) is 14.6 Å². The highest BCUT2D eigenvalue weighted by Crippen LogP contribution is 2.21. The lowest BCUT2D eigenvalue weighted by Crippen LogP contribution is -1.84. The van der Waals surface area contributed by atoms with Gasteiger partial charge >= 0.3 is 0 Å². The first-order valence-corrected chi connectivity index (χ1v) is 5.03. The highest BCUT2D eigenvalue weighted by Gasteiger charge is 2.03. The van der Waals surface area contributed by atoms with Gasteiger partial charge in [0.05, 0.1) is 12.8 Å². The van der Waals surface area contributed by atoms with Crippen LogP contribution in [0.5, 0.6) is 5.75 Å². The Labute approximate surface area is 92.5 Å². The Kier molecular flexibility index (Phi) is 1.93. The van der Waals surface area contributed by atoms with Crippen LogP contribution in [0.4, 0.5) is 0 Å². The highest BCUT2D eigenvalue weighted by atomic mass is 16.5. The van der Waals surface area contributed by atoms with E-state index >= 15 is 0 Å². The minimum absolute atomic E-state index is 0.861. The van der Waals surface area contributed by atoms with E-state index in [1.165, 1.54) is 0 Å². The lowest BCUT2D eigenvalue weighted by Gasteiger charge is -2.00. The predicted molar refractivity (Wildman–Crippen MR) is 61.5 cm³/mol. The maximum Gasteiger partial charge on any atom is 0.153 e. The molecule has 3 rings (SSSR count). The number of hydrogen-bond donors (Lipinski definition) is 1. The van der Waals surface area contributed by atoms with E-state index < -0.39 is 0 Å². The summed E-state index contributed by atoms with van der Waals surface area (Å²) in [5.74, 6) is 0.861. The largest absolute Gasteiger partial charge is 0.497 e. The fraction of sp³-hybridized carbons (Fsp3) is 0.0833. The smallest absolute Gasteiger partial charge is 0.153 e. The van der Waals surface area contributed by atoms with E-state index in [9.17, 15) is 0 Å². The molecule has 0 bridgehead atoms. The van der Waals surface area contributed by atoms with Crippen LogP contribution in [-0.4, -0.2) is 21.7 Å². The normalized spacial score (nSPS) is 10.8. The molecule has 0 aliphatic rings. The molecular formula is C12H11N3O. The van der Waals surface area contributed by atoms with E-state index in [1.54, 1.807) is 13.3 Å². The second-order valence-corrected chi connectivity index (χ2v) is 3.55. The van der Waals surface area contributed by atoms with Crippen molar-refractivity contribution < 1.29 is 4.74 Å². The maximum absolute atomic E-state index is 5.12. The second kappa shape index (κ2) is 3.41. The third-order valence-electron chi connectivity index (χ3n) is 2.58. The predicted octanol–water partition coefficient (Wildman–Crippen LogP) is 2.34. The van der Waals surface area contributed by atoms with Crippen molar-refractivity contribution in [3.05, 3.63) is 42.7 Å². The quantitative estimate of drug-likeness (QED) is 0.710. The number of benzene rings is 1. The average Bonchev–Trinajstić information content (AvgIpc) is 2.89. The van der Waals surface area contributed by atoms with Gasteiger partial charge in [0.2, 0.25) is 0 Å². The first-order chi connectivity index (χ1) is 7.86. The molecule has 0 unspecified atom stereocenters. The Morgan fingerprint density at radius 1 is 1.25 bits per heavy atom. The van der Waals surface area contributed by atoms with Gasteiger partial charge in [0.1, 0.15) is 5.75 Å². The van der Waals surface area contributed by atoms with Gasteiger partial charge in [-0.1, -0.05) is 0 Å². The van der Waals surface area contributed by atoms with Gasteiger partial charge in [-0.3, -0.25) is 5.10 Å². The number of hydrogen-bond acceptors (Lipinski definition) is 2. The van der Waals surface area contributed by atoms with Gasteiger partial charge in [0, 0.05) is 18.5 Å². The molecule has 0 saturated heterocycles. The third-order valence-corrected chi connectivity index (χ3v) is 2.58. The summed E-state index contributed by atoms with van der Waals surface area (Å²) in [6.07, 6.45) is 3.66. The summed E-state index contributed by atoms with van der Waals surface area (Å²) in [6, 6.07) is 9.94. The van der Waals surface area contributed by atoms with Crippen LogP contribution in [-0.2, 0) is 0 Å². The summed E-state index contributed by atoms with van der Waals surface area (Å²) in [6.45, 7) is 0. The molecule has 0 radical (unpaired) electrons. The van der Waals surface area contributed by atoms with Crippen LogP contribution in [0.15, 0.2) is 42.7 Å². The summed E-state index contributed by atoms with van der Waals surface area (Å²) >= 11 is 0. The van der Waals surface area contributed by atoms with Crippen LogP contribution in [0, 0.1) is 0 Å². The number of aromatic nitrogens is 3. The molecule has 1 N–H and O–H groups in total. The molecule has 16 heavy (non-hydrogen) atoms. The number of methoxy groups -OCH3 is 1. The molecule has 0 aliphatic carbocycles. The highest BCUT2D eigenvalue weighted by molar-refractivity contribution is 5.64. The molecule has 0 fully saturated rings. The van der Waals surface area contributed by atoms with E-state index in [-0.39, 0.29) is 0 Å². The van der Waals surface area contributed by atoms with E-state index in [0.29, 0.717) is 0 Å². The first-order valence-electron chi connectivity index (χ1n) is 5.03. The van der Waals surface area contributed by atoms with Crippen LogP contribution in [0.3, 0.4) is 0 Å². The van der Waals surface area contributed by atoms with E-state index in [1.807, 2.05) is 41.0 Å². The Hall–Kier alpha value is -2.23. The maximum atomic E-state index is 5.12. The van der Waals surface area contributed by atoms with Crippen molar-refractivity contribution in [3.8, 4) is 17.0 Å². The zero-order valence-corrected chi connectivity index (χ0v) is 8.84. The van der Waals surface area contributed by atoms with Gasteiger partial charge in [-0.25, -0.2) is 9.50 Å². The molecule has 1 aromatic carbocycles. The van der Waals surface area contributed by atoms with Crippen molar-refractivity contribution in [3.63, 3.8) is 0 Å². The standard InChI is InChI=1S/C12H11N3O/c1-16-10-4-2-9(3-5-10)11-8-12-13-6-7-15(12)14-11/h2-8,14H,1H3. The molecule has 0 aliphatic heterocycles. The van der Waals surface area contributed by atoms with E-state index in [2.05, 4.69) is 10.1 Å². The number of H-pyrrole nitrogens is 1. The van der Waals surface area contributed by atoms with Crippen molar-refractivity contribution in [2.75, 3.05) is 7.11 Å². The van der Waals surface area contributed by atoms with Gasteiger partial charge in [0.25, 0.3) is 0 Å². The lowest BCUT2D eigenvalue weighted by atomic mass is 10.1. The van der Waals surface area contributed by atoms with Crippen LogP contribution in [0.25, 0.3) is 16.9 Å². The number of nitrogens with one attached hydrogen (secondary N) is 1. The van der Waals surface area contributed by atoms with Crippen molar-refractivity contribution in [1.29, 1.82) is 0 Å². The van der Waals surface area contributed by atoms with Gasteiger partial charge in [-0.2, -0.15) is 0 Å². The zero-order chi connectivity index (χ0) is 11.0. The van der Waals surface area contributed by atoms with Gasteiger partial charge in [0.15, 0.2) is 5.65 Å². The minimum Gasteiger partial charge on any atom is -0.497 e. The van der Waals surface area contributed by atoms with Crippen molar-refractivity contribution >= 4 is 5.65 Å². The van der Waals surface area contributed by atoms with Crippen LogP contribution in [0.2, 0.25) is 0 Å². The molecule has 80 valence electrons. The number of rotatable bonds is 2. The zero-order valence-electron chi connectivity index (χ0n) is 8.84. The number of ether oxygens (including phenoxy) is 1. The minimum atomic E-state index is 0.861. The molecule has 0 atom stereocenters. The number of nitrogens with zero attached hydrogens (tertiary/aromatic N) is 2. The second-order valence-electron chi connectivity index (χ2n) is 3.55. The van der Waals surface area contributed by atoms with Crippen molar-refractivity contribution in [2.24, 2.45) is 0 Å². The van der Waals surface area contributed by atoms with Crippen LogP contribution < -0.4 is 4.74 Å². The Morgan fingerprint density at radius 2 is 2.06 bits per heavy atom. The molecule has 0 saturated carbocycles. The first kappa shape index (κ1) is 9.03. The van der Waals surface area contributed by atoms with E-state index in [4.69, 9.17) is 4.74 Å². The average molecular weight is 213 g/mol. The lowest BCUT2D eigenvalue weighted by molar-refractivity contribution is 0.415. The van der Waals surface area contributed by atoms with Gasteiger partial charge < -0.3 is 4.74 Å². The molecule has 4 heteroatoms. The van der Waals surface area contributed by atoms with Gasteiger partial charge in [-0.15, -0.1) is 0 Å². The fourth-order valence-corrected chi connectivity index (χ4v) is 1.73. The van der Waals surface area contributed by atoms with Gasteiger partial charge in [-0.05, 0) is 29.8 Å². The Morgan fingerprint density at radius 3 is 2.75 bits per heavy atom. The number of aromatic amines is 1. The molecule has 3 aromatic rings. The molecule has 0 spiro atoms. The third kappa shape index (κ3) is 1.35. The van der Waals surface area contributed by atoms with E-state index in [0.717, 1.165) is 22.7 Å². The molecular weight excluding hydrogens is 202 g/mol. The van der Waals surface area contributed by atoms with Crippen LogP contribution in [0.1, 0.15) is 0 Å². The molecule has 4 nitrogen and oxygen atoms in total. The number of imidazole rings is 1. The Balaban J connectivity index is 2.05. The fourth-order valence-electron chi connectivity index (χ4n) is 1.73. The monoisotopic (exact) mass is 213 g/mol. The summed E-state index contributed by atoms with van der Waals surface area (Å²) in [5.41, 5.74) is 3.09. The topological polar surface area (TPSA) is 42.3 Å². The summed E-state index contributed by atoms with van der Waals surface area (Å²) in [4.78, 5) is 4.21. The molecule has 2 heterocycles. The Bertz CT molecular complexity index is 578. The SMILES string of the molecule is COc1ccc(-c2cc3nccn3[nH]2)cc1. The molecule has 2 aromatic heterocycles.